The van der Waals surface area contributed by atoms with Crippen molar-refractivity contribution in [3.05, 3.63) is 65.5 Å². The average Bonchev–Trinajstić information content (AvgIpc) is 3.15. The number of carbonyl (C=O) groups is 2. The van der Waals surface area contributed by atoms with Crippen molar-refractivity contribution in [1.29, 1.82) is 0 Å². The van der Waals surface area contributed by atoms with Gasteiger partial charge in [-0.1, -0.05) is 41.6 Å². The minimum Gasteiger partial charge on any atom is -0.497 e. The third kappa shape index (κ3) is 6.34. The maximum absolute atomic E-state index is 12.4. The summed E-state index contributed by atoms with van der Waals surface area (Å²) in [6.45, 7) is 3.85. The van der Waals surface area contributed by atoms with Gasteiger partial charge in [-0.2, -0.15) is 0 Å². The Kier molecular flexibility index (Phi) is 7.88. The van der Waals surface area contributed by atoms with Crippen LogP contribution in [0.25, 0.3) is 0 Å². The molecule has 0 aliphatic carbocycles. The summed E-state index contributed by atoms with van der Waals surface area (Å²) in [5.41, 5.74) is 2.78. The largest absolute Gasteiger partial charge is 0.497 e. The quantitative estimate of drug-likeness (QED) is 0.483. The van der Waals surface area contributed by atoms with Crippen LogP contribution in [0.1, 0.15) is 29.9 Å². The second-order valence-electron chi connectivity index (χ2n) is 7.42. The molecule has 32 heavy (non-hydrogen) atoms. The number of anilines is 1. The van der Waals surface area contributed by atoms with E-state index in [1.165, 1.54) is 11.8 Å². The Balaban J connectivity index is 1.51. The van der Waals surface area contributed by atoms with E-state index < -0.39 is 0 Å². The molecule has 3 aromatic rings. The molecule has 0 aliphatic heterocycles. The molecule has 1 aromatic heterocycles. The molecular weight excluding hydrogens is 426 g/mol. The van der Waals surface area contributed by atoms with Crippen LogP contribution in [0.2, 0.25) is 0 Å². The normalized spacial score (nSPS) is 11.6. The standard InChI is InChI=1S/C23H27N5O3S/c1-15-5-9-18(10-6-15)25-21(30)14-32-23-27-26-22(28(23)3)16(2)24-20(29)13-17-7-11-19(31-4)12-8-17/h5-12,16H,13-14H2,1-4H3,(H,24,29)(H,25,30)/t16-/m1/s1. The Morgan fingerprint density at radius 2 is 1.75 bits per heavy atom. The van der Waals surface area contributed by atoms with Crippen LogP contribution in [0.15, 0.2) is 53.7 Å². The van der Waals surface area contributed by atoms with Gasteiger partial charge < -0.3 is 19.9 Å². The SMILES string of the molecule is COc1ccc(CC(=O)N[C@H](C)c2nnc(SCC(=O)Nc3ccc(C)cc3)n2C)cc1. The van der Waals surface area contributed by atoms with Crippen LogP contribution >= 0.6 is 11.8 Å². The maximum atomic E-state index is 12.4. The molecule has 168 valence electrons. The van der Waals surface area contributed by atoms with E-state index >= 15 is 0 Å². The van der Waals surface area contributed by atoms with Crippen molar-refractivity contribution in [2.45, 2.75) is 31.5 Å². The van der Waals surface area contributed by atoms with Gasteiger partial charge in [0.25, 0.3) is 0 Å². The molecular formula is C23H27N5O3S. The van der Waals surface area contributed by atoms with Gasteiger partial charge in [-0.3, -0.25) is 9.59 Å². The first kappa shape index (κ1) is 23.3. The lowest BCUT2D eigenvalue weighted by atomic mass is 10.1. The van der Waals surface area contributed by atoms with Crippen LogP contribution in [0.4, 0.5) is 5.69 Å². The number of methoxy groups -OCH3 is 1. The highest BCUT2D eigenvalue weighted by Gasteiger charge is 2.18. The Morgan fingerprint density at radius 1 is 1.06 bits per heavy atom. The van der Waals surface area contributed by atoms with E-state index in [0.717, 1.165) is 22.6 Å². The Hall–Kier alpha value is -3.33. The number of nitrogens with zero attached hydrogens (tertiary/aromatic N) is 3. The number of aryl methyl sites for hydroxylation is 1. The first-order valence-electron chi connectivity index (χ1n) is 10.2. The van der Waals surface area contributed by atoms with E-state index in [4.69, 9.17) is 4.74 Å². The first-order valence-corrected chi connectivity index (χ1v) is 11.1. The van der Waals surface area contributed by atoms with Gasteiger partial charge >= 0.3 is 0 Å². The van der Waals surface area contributed by atoms with Gasteiger partial charge in [-0.25, -0.2) is 0 Å². The fraction of sp³-hybridized carbons (Fsp3) is 0.304. The predicted octanol–water partition coefficient (Wildman–Crippen LogP) is 3.28. The monoisotopic (exact) mass is 453 g/mol. The van der Waals surface area contributed by atoms with E-state index in [1.807, 2.05) is 69.4 Å². The van der Waals surface area contributed by atoms with E-state index in [0.29, 0.717) is 11.0 Å². The molecule has 3 rings (SSSR count). The summed E-state index contributed by atoms with van der Waals surface area (Å²) in [6.07, 6.45) is 0.257. The van der Waals surface area contributed by atoms with E-state index in [9.17, 15) is 9.59 Å². The lowest BCUT2D eigenvalue weighted by molar-refractivity contribution is -0.121. The second-order valence-corrected chi connectivity index (χ2v) is 8.36. The molecule has 1 atom stereocenters. The molecule has 2 amide bonds. The number of carbonyl (C=O) groups excluding carboxylic acids is 2. The van der Waals surface area contributed by atoms with E-state index in [1.54, 1.807) is 11.7 Å². The van der Waals surface area contributed by atoms with Crippen molar-refractivity contribution < 1.29 is 14.3 Å². The van der Waals surface area contributed by atoms with Crippen molar-refractivity contribution in [3.63, 3.8) is 0 Å². The Morgan fingerprint density at radius 3 is 2.41 bits per heavy atom. The summed E-state index contributed by atoms with van der Waals surface area (Å²) in [6, 6.07) is 14.7. The molecule has 2 N–H and O–H groups in total. The molecule has 9 heteroatoms. The number of rotatable bonds is 9. The van der Waals surface area contributed by atoms with Gasteiger partial charge in [-0.15, -0.1) is 10.2 Å². The number of benzene rings is 2. The van der Waals surface area contributed by atoms with Crippen molar-refractivity contribution in [3.8, 4) is 5.75 Å². The van der Waals surface area contributed by atoms with Crippen molar-refractivity contribution in [1.82, 2.24) is 20.1 Å². The van der Waals surface area contributed by atoms with Crippen LogP contribution in [0, 0.1) is 6.92 Å². The molecule has 0 unspecified atom stereocenters. The van der Waals surface area contributed by atoms with E-state index in [2.05, 4.69) is 20.8 Å². The molecule has 0 aliphatic rings. The zero-order valence-corrected chi connectivity index (χ0v) is 19.4. The van der Waals surface area contributed by atoms with E-state index in [-0.39, 0.29) is 30.0 Å². The smallest absolute Gasteiger partial charge is 0.234 e. The summed E-state index contributed by atoms with van der Waals surface area (Å²) in [7, 11) is 3.43. The summed E-state index contributed by atoms with van der Waals surface area (Å²) >= 11 is 1.29. The van der Waals surface area contributed by atoms with Crippen molar-refractivity contribution in [2.75, 3.05) is 18.2 Å². The molecule has 0 spiro atoms. The van der Waals surface area contributed by atoms with Gasteiger partial charge in [0.2, 0.25) is 11.8 Å². The number of hydrogen-bond donors (Lipinski definition) is 2. The summed E-state index contributed by atoms with van der Waals surface area (Å²) in [5, 5.41) is 14.8. The maximum Gasteiger partial charge on any atom is 0.234 e. The zero-order valence-electron chi connectivity index (χ0n) is 18.6. The van der Waals surface area contributed by atoms with Gasteiger partial charge in [0.05, 0.1) is 25.3 Å². The predicted molar refractivity (Wildman–Crippen MR) is 125 cm³/mol. The average molecular weight is 454 g/mol. The summed E-state index contributed by atoms with van der Waals surface area (Å²) < 4.78 is 6.93. The summed E-state index contributed by atoms with van der Waals surface area (Å²) in [5.74, 6) is 1.34. The lowest BCUT2D eigenvalue weighted by Gasteiger charge is -2.14. The molecule has 2 aromatic carbocycles. The van der Waals surface area contributed by atoms with Crippen LogP contribution in [0.3, 0.4) is 0 Å². The number of aromatic nitrogens is 3. The minimum atomic E-state index is -0.325. The fourth-order valence-corrected chi connectivity index (χ4v) is 3.80. The highest BCUT2D eigenvalue weighted by molar-refractivity contribution is 7.99. The van der Waals surface area contributed by atoms with Crippen LogP contribution in [0.5, 0.6) is 5.75 Å². The topological polar surface area (TPSA) is 98.1 Å². The molecule has 0 radical (unpaired) electrons. The third-order valence-corrected chi connectivity index (χ3v) is 5.85. The van der Waals surface area contributed by atoms with Crippen molar-refractivity contribution >= 4 is 29.3 Å². The highest BCUT2D eigenvalue weighted by atomic mass is 32.2. The van der Waals surface area contributed by atoms with Gasteiger partial charge in [-0.05, 0) is 43.7 Å². The minimum absolute atomic E-state index is 0.114. The van der Waals surface area contributed by atoms with Crippen LogP contribution < -0.4 is 15.4 Å². The van der Waals surface area contributed by atoms with Crippen LogP contribution in [-0.4, -0.2) is 39.4 Å². The molecule has 0 fully saturated rings. The lowest BCUT2D eigenvalue weighted by Crippen LogP contribution is -2.29. The second kappa shape index (κ2) is 10.8. The number of hydrogen-bond acceptors (Lipinski definition) is 6. The number of nitrogens with one attached hydrogen (secondary N) is 2. The van der Waals surface area contributed by atoms with Crippen LogP contribution in [-0.2, 0) is 23.1 Å². The first-order chi connectivity index (χ1) is 15.4. The van der Waals surface area contributed by atoms with Gasteiger partial charge in [0, 0.05) is 12.7 Å². The van der Waals surface area contributed by atoms with Gasteiger partial charge in [0.15, 0.2) is 11.0 Å². The fourth-order valence-electron chi connectivity index (χ4n) is 3.08. The zero-order chi connectivity index (χ0) is 23.1. The summed E-state index contributed by atoms with van der Waals surface area (Å²) in [4.78, 5) is 24.6. The Bertz CT molecular complexity index is 1060. The van der Waals surface area contributed by atoms with Crippen molar-refractivity contribution in [2.24, 2.45) is 7.05 Å². The van der Waals surface area contributed by atoms with Gasteiger partial charge in [0.1, 0.15) is 5.75 Å². The molecule has 0 bridgehead atoms. The molecule has 1 heterocycles. The number of ether oxygens (including phenoxy) is 1. The number of amides is 2. The molecule has 0 saturated heterocycles. The Labute approximate surface area is 191 Å². The molecule has 0 saturated carbocycles. The highest BCUT2D eigenvalue weighted by Crippen LogP contribution is 2.20. The number of thioether (sulfide) groups is 1. The molecule has 8 nitrogen and oxygen atoms in total. The third-order valence-electron chi connectivity index (χ3n) is 4.82.